The smallest absolute Gasteiger partial charge is 0.0480 e. The summed E-state index contributed by atoms with van der Waals surface area (Å²) >= 11 is 0. The lowest BCUT2D eigenvalue weighted by molar-refractivity contribution is 0.703. The maximum absolute atomic E-state index is 5.73. The van der Waals surface area contributed by atoms with Gasteiger partial charge in [0.05, 0.1) is 0 Å². The van der Waals surface area contributed by atoms with E-state index in [0.717, 1.165) is 18.7 Å². The van der Waals surface area contributed by atoms with Crippen molar-refractivity contribution < 1.29 is 0 Å². The quantitative estimate of drug-likeness (QED) is 0.690. The van der Waals surface area contributed by atoms with Gasteiger partial charge in [0, 0.05) is 29.3 Å². The Morgan fingerprint density at radius 1 is 0.947 bits per heavy atom. The van der Waals surface area contributed by atoms with Crippen LogP contribution in [0.5, 0.6) is 0 Å². The van der Waals surface area contributed by atoms with Gasteiger partial charge in [0.1, 0.15) is 0 Å². The molecule has 1 aromatic heterocycles. The average molecular weight is 250 g/mol. The van der Waals surface area contributed by atoms with Crippen molar-refractivity contribution >= 4 is 16.6 Å². The number of rotatable bonds is 3. The lowest BCUT2D eigenvalue weighted by atomic mass is 10.0. The van der Waals surface area contributed by atoms with E-state index in [4.69, 9.17) is 5.73 Å². The van der Waals surface area contributed by atoms with E-state index in [9.17, 15) is 0 Å². The summed E-state index contributed by atoms with van der Waals surface area (Å²) in [4.78, 5) is 0. The van der Waals surface area contributed by atoms with Gasteiger partial charge in [-0.25, -0.2) is 0 Å². The summed E-state index contributed by atoms with van der Waals surface area (Å²) < 4.78 is 2.31. The summed E-state index contributed by atoms with van der Waals surface area (Å²) in [6.45, 7) is 3.28. The van der Waals surface area contributed by atoms with Gasteiger partial charge in [-0.2, -0.15) is 0 Å². The molecule has 0 unspecified atom stereocenters. The second-order valence-corrected chi connectivity index (χ2v) is 4.90. The van der Waals surface area contributed by atoms with Crippen LogP contribution in [0.1, 0.15) is 13.3 Å². The number of anilines is 1. The monoisotopic (exact) mass is 250 g/mol. The number of hydrogen-bond acceptors (Lipinski definition) is 1. The first kappa shape index (κ1) is 11.8. The summed E-state index contributed by atoms with van der Waals surface area (Å²) in [6, 6.07) is 16.8. The minimum Gasteiger partial charge on any atom is -0.399 e. The SMILES string of the molecule is CCCn1ccc2cc(-c3ccc(N)cc3)ccc21. The first-order valence-electron chi connectivity index (χ1n) is 6.73. The number of hydrogen-bond donors (Lipinski definition) is 1. The third kappa shape index (κ3) is 2.22. The molecule has 2 N–H and O–H groups in total. The Morgan fingerprint density at radius 2 is 1.68 bits per heavy atom. The number of benzene rings is 2. The molecule has 0 atom stereocenters. The van der Waals surface area contributed by atoms with Gasteiger partial charge >= 0.3 is 0 Å². The maximum atomic E-state index is 5.73. The number of nitrogens with zero attached hydrogens (tertiary/aromatic N) is 1. The first-order valence-corrected chi connectivity index (χ1v) is 6.73. The molecule has 0 spiro atoms. The van der Waals surface area contributed by atoms with Gasteiger partial charge in [-0.1, -0.05) is 25.1 Å². The molecule has 0 aliphatic heterocycles. The normalized spacial score (nSPS) is 11.0. The van der Waals surface area contributed by atoms with Crippen LogP contribution in [0.3, 0.4) is 0 Å². The zero-order valence-corrected chi connectivity index (χ0v) is 11.1. The van der Waals surface area contributed by atoms with Crippen molar-refractivity contribution in [2.75, 3.05) is 5.73 Å². The molecule has 0 saturated heterocycles. The van der Waals surface area contributed by atoms with Crippen LogP contribution in [-0.2, 0) is 6.54 Å². The Bertz CT molecular complexity index is 693. The standard InChI is InChI=1S/C17H18N2/c1-2-10-19-11-9-15-12-14(5-8-17(15)19)13-3-6-16(18)7-4-13/h3-9,11-12H,2,10,18H2,1H3. The molecule has 96 valence electrons. The van der Waals surface area contributed by atoms with Crippen LogP contribution in [-0.4, -0.2) is 4.57 Å². The molecule has 19 heavy (non-hydrogen) atoms. The number of aromatic nitrogens is 1. The molecule has 0 aliphatic carbocycles. The third-order valence-electron chi connectivity index (χ3n) is 3.48. The van der Waals surface area contributed by atoms with Gasteiger partial charge in [-0.3, -0.25) is 0 Å². The fraction of sp³-hybridized carbons (Fsp3) is 0.176. The van der Waals surface area contributed by atoms with Crippen molar-refractivity contribution in [2.45, 2.75) is 19.9 Å². The predicted octanol–water partition coefficient (Wildman–Crippen LogP) is 4.30. The second kappa shape index (κ2) is 4.81. The summed E-state index contributed by atoms with van der Waals surface area (Å²) in [6.07, 6.45) is 3.32. The molecule has 0 saturated carbocycles. The summed E-state index contributed by atoms with van der Waals surface area (Å²) in [5.41, 5.74) is 10.3. The van der Waals surface area contributed by atoms with Crippen LogP contribution in [0.15, 0.2) is 54.7 Å². The highest BCUT2D eigenvalue weighted by Crippen LogP contribution is 2.26. The van der Waals surface area contributed by atoms with Crippen molar-refractivity contribution in [2.24, 2.45) is 0 Å². The molecule has 3 aromatic rings. The van der Waals surface area contributed by atoms with Crippen LogP contribution in [0.4, 0.5) is 5.69 Å². The zero-order valence-electron chi connectivity index (χ0n) is 11.1. The van der Waals surface area contributed by atoms with Gasteiger partial charge in [-0.15, -0.1) is 0 Å². The van der Waals surface area contributed by atoms with Crippen molar-refractivity contribution in [3.63, 3.8) is 0 Å². The average Bonchev–Trinajstić information content (AvgIpc) is 2.83. The van der Waals surface area contributed by atoms with Crippen LogP contribution >= 0.6 is 0 Å². The highest BCUT2D eigenvalue weighted by atomic mass is 14.9. The molecule has 1 heterocycles. The first-order chi connectivity index (χ1) is 9.28. The maximum Gasteiger partial charge on any atom is 0.0480 e. The molecule has 0 bridgehead atoms. The fourth-order valence-electron chi connectivity index (χ4n) is 2.49. The Labute approximate surface area is 113 Å². The van der Waals surface area contributed by atoms with Crippen molar-refractivity contribution in [1.82, 2.24) is 4.57 Å². The molecule has 0 radical (unpaired) electrons. The highest BCUT2D eigenvalue weighted by Gasteiger charge is 2.03. The van der Waals surface area contributed by atoms with E-state index in [-0.39, 0.29) is 0 Å². The Balaban J connectivity index is 2.04. The molecular weight excluding hydrogens is 232 g/mol. The number of nitrogen functional groups attached to an aromatic ring is 1. The van der Waals surface area contributed by atoms with E-state index in [1.54, 1.807) is 0 Å². The molecule has 0 amide bonds. The molecule has 0 fully saturated rings. The number of fused-ring (bicyclic) bond motifs is 1. The van der Waals surface area contributed by atoms with Gasteiger partial charge in [0.15, 0.2) is 0 Å². The van der Waals surface area contributed by atoms with E-state index >= 15 is 0 Å². The van der Waals surface area contributed by atoms with E-state index in [2.05, 4.69) is 54.1 Å². The summed E-state index contributed by atoms with van der Waals surface area (Å²) in [5, 5.41) is 1.29. The van der Waals surface area contributed by atoms with E-state index in [0.29, 0.717) is 0 Å². The minimum atomic E-state index is 0.805. The summed E-state index contributed by atoms with van der Waals surface area (Å²) in [5.74, 6) is 0. The molecule has 3 rings (SSSR count). The van der Waals surface area contributed by atoms with E-state index in [1.165, 1.54) is 22.0 Å². The van der Waals surface area contributed by atoms with Gasteiger partial charge in [-0.05, 0) is 47.9 Å². The second-order valence-electron chi connectivity index (χ2n) is 4.90. The lowest BCUT2D eigenvalue weighted by Gasteiger charge is -2.05. The van der Waals surface area contributed by atoms with Crippen molar-refractivity contribution in [1.29, 1.82) is 0 Å². The van der Waals surface area contributed by atoms with E-state index < -0.39 is 0 Å². The Hall–Kier alpha value is -2.22. The molecule has 2 heteroatoms. The fourth-order valence-corrected chi connectivity index (χ4v) is 2.49. The molecule has 2 nitrogen and oxygen atoms in total. The van der Waals surface area contributed by atoms with Crippen molar-refractivity contribution in [3.8, 4) is 11.1 Å². The largest absolute Gasteiger partial charge is 0.399 e. The van der Waals surface area contributed by atoms with Gasteiger partial charge in [0.25, 0.3) is 0 Å². The molecule has 0 aliphatic rings. The predicted molar refractivity (Wildman–Crippen MR) is 82.1 cm³/mol. The van der Waals surface area contributed by atoms with Gasteiger partial charge < -0.3 is 10.3 Å². The van der Waals surface area contributed by atoms with Crippen LogP contribution in [0.25, 0.3) is 22.0 Å². The van der Waals surface area contributed by atoms with Crippen LogP contribution in [0.2, 0.25) is 0 Å². The molecule has 2 aromatic carbocycles. The minimum absolute atomic E-state index is 0.805. The summed E-state index contributed by atoms with van der Waals surface area (Å²) in [7, 11) is 0. The molecular formula is C17H18N2. The Morgan fingerprint density at radius 3 is 2.42 bits per heavy atom. The number of nitrogens with two attached hydrogens (primary N) is 1. The van der Waals surface area contributed by atoms with E-state index in [1.807, 2.05) is 12.1 Å². The third-order valence-corrected chi connectivity index (χ3v) is 3.48. The Kier molecular flexibility index (Phi) is 3.00. The number of aryl methyl sites for hydroxylation is 1. The zero-order chi connectivity index (χ0) is 13.2. The lowest BCUT2D eigenvalue weighted by Crippen LogP contribution is -1.93. The van der Waals surface area contributed by atoms with Crippen LogP contribution in [0, 0.1) is 0 Å². The van der Waals surface area contributed by atoms with Gasteiger partial charge in [0.2, 0.25) is 0 Å². The highest BCUT2D eigenvalue weighted by molar-refractivity contribution is 5.85. The van der Waals surface area contributed by atoms with Crippen LogP contribution < -0.4 is 5.73 Å². The topological polar surface area (TPSA) is 30.9 Å². The van der Waals surface area contributed by atoms with Crippen molar-refractivity contribution in [3.05, 3.63) is 54.7 Å².